The molecule has 0 fully saturated rings. The number of rotatable bonds is 9. The van der Waals surface area contributed by atoms with E-state index in [-0.39, 0.29) is 24.8 Å². The summed E-state index contributed by atoms with van der Waals surface area (Å²) < 4.78 is 16.5. The summed E-state index contributed by atoms with van der Waals surface area (Å²) in [4.78, 5) is 26.7. The summed E-state index contributed by atoms with van der Waals surface area (Å²) in [5, 5.41) is 2.90. The molecule has 0 unspecified atom stereocenters. The predicted molar refractivity (Wildman–Crippen MR) is 126 cm³/mol. The number of carbonyl (C=O) groups excluding carboxylic acids is 2. The fourth-order valence-corrected chi connectivity index (χ4v) is 3.59. The minimum atomic E-state index is -0.147. The summed E-state index contributed by atoms with van der Waals surface area (Å²) in [7, 11) is 1.60. The Morgan fingerprint density at radius 1 is 1.03 bits per heavy atom. The van der Waals surface area contributed by atoms with Gasteiger partial charge in [0.2, 0.25) is 5.91 Å². The van der Waals surface area contributed by atoms with Crippen molar-refractivity contribution in [2.75, 3.05) is 37.1 Å². The SMILES string of the molecule is COc1ccc(CC(=O)Nc2ccc3c(c2)N(CCCOc2ccccc2)C(=O)CO3)cc1. The molecular formula is C26H26N2O5. The maximum Gasteiger partial charge on any atom is 0.265 e. The summed E-state index contributed by atoms with van der Waals surface area (Å²) in [6.45, 7) is 0.975. The lowest BCUT2D eigenvalue weighted by Gasteiger charge is -2.30. The Hall–Kier alpha value is -4.00. The average molecular weight is 447 g/mol. The minimum Gasteiger partial charge on any atom is -0.497 e. The van der Waals surface area contributed by atoms with Crippen molar-refractivity contribution in [3.8, 4) is 17.2 Å². The van der Waals surface area contributed by atoms with Crippen LogP contribution in [0.5, 0.6) is 17.2 Å². The van der Waals surface area contributed by atoms with Gasteiger partial charge in [-0.05, 0) is 54.4 Å². The van der Waals surface area contributed by atoms with Crippen LogP contribution < -0.4 is 24.4 Å². The number of para-hydroxylation sites is 1. The van der Waals surface area contributed by atoms with E-state index in [9.17, 15) is 9.59 Å². The zero-order valence-corrected chi connectivity index (χ0v) is 18.5. The van der Waals surface area contributed by atoms with E-state index in [1.165, 1.54) is 0 Å². The number of ether oxygens (including phenoxy) is 3. The molecule has 7 nitrogen and oxygen atoms in total. The van der Waals surface area contributed by atoms with Crippen molar-refractivity contribution in [2.45, 2.75) is 12.8 Å². The third-order valence-electron chi connectivity index (χ3n) is 5.25. The number of nitrogens with zero attached hydrogens (tertiary/aromatic N) is 1. The molecule has 1 aliphatic rings. The molecule has 0 bridgehead atoms. The lowest BCUT2D eigenvalue weighted by atomic mass is 10.1. The summed E-state index contributed by atoms with van der Waals surface area (Å²) in [5.41, 5.74) is 2.13. The van der Waals surface area contributed by atoms with Crippen molar-refractivity contribution in [3.63, 3.8) is 0 Å². The van der Waals surface area contributed by atoms with Gasteiger partial charge in [-0.2, -0.15) is 0 Å². The van der Waals surface area contributed by atoms with Crippen molar-refractivity contribution < 1.29 is 23.8 Å². The second-order valence-corrected chi connectivity index (χ2v) is 7.60. The molecule has 0 saturated heterocycles. The highest BCUT2D eigenvalue weighted by atomic mass is 16.5. The van der Waals surface area contributed by atoms with Crippen LogP contribution in [0, 0.1) is 0 Å². The normalized spacial score (nSPS) is 12.5. The van der Waals surface area contributed by atoms with Crippen molar-refractivity contribution in [1.82, 2.24) is 0 Å². The zero-order valence-electron chi connectivity index (χ0n) is 18.5. The number of carbonyl (C=O) groups is 2. The molecule has 3 aromatic carbocycles. The monoisotopic (exact) mass is 446 g/mol. The minimum absolute atomic E-state index is 0.00425. The van der Waals surface area contributed by atoms with E-state index < -0.39 is 0 Å². The van der Waals surface area contributed by atoms with Gasteiger partial charge in [-0.15, -0.1) is 0 Å². The first-order chi connectivity index (χ1) is 16.1. The van der Waals surface area contributed by atoms with Crippen LogP contribution in [0.15, 0.2) is 72.8 Å². The van der Waals surface area contributed by atoms with E-state index in [0.717, 1.165) is 17.1 Å². The first kappa shape index (κ1) is 22.2. The highest BCUT2D eigenvalue weighted by Gasteiger charge is 2.25. The summed E-state index contributed by atoms with van der Waals surface area (Å²) in [6.07, 6.45) is 0.894. The standard InChI is InChI=1S/C26H26N2O5/c1-31-21-11-8-19(9-12-21)16-25(29)27-20-10-13-24-23(17-20)28(26(30)18-33-24)14-5-15-32-22-6-3-2-4-7-22/h2-4,6-13,17H,5,14-16,18H2,1H3,(H,27,29). The van der Waals surface area contributed by atoms with Gasteiger partial charge < -0.3 is 24.4 Å². The zero-order chi connectivity index (χ0) is 23.0. The number of benzene rings is 3. The maximum atomic E-state index is 12.5. The molecule has 33 heavy (non-hydrogen) atoms. The third-order valence-corrected chi connectivity index (χ3v) is 5.25. The van der Waals surface area contributed by atoms with Crippen molar-refractivity contribution in [3.05, 3.63) is 78.4 Å². The van der Waals surface area contributed by atoms with Gasteiger partial charge in [0.1, 0.15) is 17.2 Å². The molecule has 170 valence electrons. The third kappa shape index (κ3) is 5.83. The smallest absolute Gasteiger partial charge is 0.265 e. The average Bonchev–Trinajstić information content (AvgIpc) is 2.84. The Bertz CT molecular complexity index is 1100. The number of nitrogens with one attached hydrogen (secondary N) is 1. The lowest BCUT2D eigenvalue weighted by Crippen LogP contribution is -2.39. The Morgan fingerprint density at radius 3 is 2.58 bits per heavy atom. The van der Waals surface area contributed by atoms with Crippen molar-refractivity contribution in [2.24, 2.45) is 0 Å². The van der Waals surface area contributed by atoms with Gasteiger partial charge >= 0.3 is 0 Å². The van der Waals surface area contributed by atoms with Crippen LogP contribution in [-0.4, -0.2) is 38.7 Å². The second kappa shape index (κ2) is 10.5. The number of methoxy groups -OCH3 is 1. The van der Waals surface area contributed by atoms with E-state index in [4.69, 9.17) is 14.2 Å². The molecule has 2 amide bonds. The second-order valence-electron chi connectivity index (χ2n) is 7.60. The molecule has 0 atom stereocenters. The van der Waals surface area contributed by atoms with E-state index in [0.29, 0.717) is 36.7 Å². The molecule has 4 rings (SSSR count). The number of hydrogen-bond donors (Lipinski definition) is 1. The van der Waals surface area contributed by atoms with Gasteiger partial charge in [0.15, 0.2) is 6.61 Å². The summed E-state index contributed by atoms with van der Waals surface area (Å²) >= 11 is 0. The van der Waals surface area contributed by atoms with Crippen LogP contribution in [0.4, 0.5) is 11.4 Å². The van der Waals surface area contributed by atoms with E-state index >= 15 is 0 Å². The topological polar surface area (TPSA) is 77.1 Å². The maximum absolute atomic E-state index is 12.5. The highest BCUT2D eigenvalue weighted by molar-refractivity contribution is 5.99. The molecule has 1 aliphatic heterocycles. The van der Waals surface area contributed by atoms with Gasteiger partial charge in [-0.1, -0.05) is 30.3 Å². The van der Waals surface area contributed by atoms with Gasteiger partial charge in [0.05, 0.1) is 25.8 Å². The van der Waals surface area contributed by atoms with Gasteiger partial charge in [0, 0.05) is 12.2 Å². The molecular weight excluding hydrogens is 420 g/mol. The van der Waals surface area contributed by atoms with Gasteiger partial charge in [-0.3, -0.25) is 9.59 Å². The highest BCUT2D eigenvalue weighted by Crippen LogP contribution is 2.34. The predicted octanol–water partition coefficient (Wildman–Crippen LogP) is 4.07. The van der Waals surface area contributed by atoms with Crippen LogP contribution in [0.1, 0.15) is 12.0 Å². The molecule has 1 heterocycles. The lowest BCUT2D eigenvalue weighted by molar-refractivity contribution is -0.121. The van der Waals surface area contributed by atoms with Crippen molar-refractivity contribution >= 4 is 23.2 Å². The Morgan fingerprint density at radius 2 is 1.82 bits per heavy atom. The molecule has 3 aromatic rings. The first-order valence-electron chi connectivity index (χ1n) is 10.8. The number of fused-ring (bicyclic) bond motifs is 1. The first-order valence-corrected chi connectivity index (χ1v) is 10.8. The number of hydrogen-bond acceptors (Lipinski definition) is 5. The van der Waals surface area contributed by atoms with Crippen LogP contribution in [0.2, 0.25) is 0 Å². The number of amides is 2. The molecule has 0 aromatic heterocycles. The van der Waals surface area contributed by atoms with Gasteiger partial charge in [0.25, 0.3) is 5.91 Å². The molecule has 0 spiro atoms. The fraction of sp³-hybridized carbons (Fsp3) is 0.231. The van der Waals surface area contributed by atoms with E-state index in [1.54, 1.807) is 30.2 Å². The summed E-state index contributed by atoms with van der Waals surface area (Å²) in [5.74, 6) is 1.89. The van der Waals surface area contributed by atoms with E-state index in [1.807, 2.05) is 54.6 Å². The van der Waals surface area contributed by atoms with E-state index in [2.05, 4.69) is 5.32 Å². The van der Waals surface area contributed by atoms with Crippen molar-refractivity contribution in [1.29, 1.82) is 0 Å². The Labute approximate surface area is 192 Å². The molecule has 0 radical (unpaired) electrons. The quantitative estimate of drug-likeness (QED) is 0.502. The molecule has 1 N–H and O–H groups in total. The van der Waals surface area contributed by atoms with Crippen LogP contribution in [-0.2, 0) is 16.0 Å². The van der Waals surface area contributed by atoms with Gasteiger partial charge in [-0.25, -0.2) is 0 Å². The largest absolute Gasteiger partial charge is 0.497 e. The Balaban J connectivity index is 1.37. The fourth-order valence-electron chi connectivity index (χ4n) is 3.59. The molecule has 0 aliphatic carbocycles. The van der Waals surface area contributed by atoms with Crippen LogP contribution in [0.3, 0.4) is 0 Å². The van der Waals surface area contributed by atoms with Crippen LogP contribution >= 0.6 is 0 Å². The number of anilines is 2. The molecule has 0 saturated carbocycles. The Kier molecular flexibility index (Phi) is 7.09. The van der Waals surface area contributed by atoms with Crippen LogP contribution in [0.25, 0.3) is 0 Å². The summed E-state index contributed by atoms with van der Waals surface area (Å²) in [6, 6.07) is 22.3. The molecule has 7 heteroatoms.